The Labute approximate surface area is 107 Å². The Bertz CT molecular complexity index is 629. The average Bonchev–Trinajstić information content (AvgIpc) is 2.35. The zero-order valence-corrected chi connectivity index (χ0v) is 10.6. The molecule has 17 heavy (non-hydrogen) atoms. The second-order valence-electron chi connectivity index (χ2n) is 4.41. The molecule has 3 rings (SSSR count). The maximum absolute atomic E-state index is 4.64. The van der Waals surface area contributed by atoms with Crippen molar-refractivity contribution in [2.45, 2.75) is 12.2 Å². The van der Waals surface area contributed by atoms with Gasteiger partial charge in [-0.3, -0.25) is 0 Å². The number of thiol groups is 1. The lowest BCUT2D eigenvalue weighted by atomic mass is 9.95. The van der Waals surface area contributed by atoms with E-state index >= 15 is 0 Å². The molecule has 0 saturated carbocycles. The molecule has 1 atom stereocenters. The molecule has 0 aliphatic rings. The SMILES string of the molecule is CC(S)c1c2ccccc2cc2ccccc12. The van der Waals surface area contributed by atoms with Crippen molar-refractivity contribution < 1.29 is 0 Å². The van der Waals surface area contributed by atoms with Gasteiger partial charge in [-0.05, 0) is 40.1 Å². The zero-order chi connectivity index (χ0) is 11.8. The van der Waals surface area contributed by atoms with E-state index in [1.807, 2.05) is 0 Å². The first-order valence-corrected chi connectivity index (χ1v) is 6.37. The van der Waals surface area contributed by atoms with Crippen molar-refractivity contribution in [1.82, 2.24) is 0 Å². The van der Waals surface area contributed by atoms with Crippen LogP contribution in [-0.2, 0) is 0 Å². The maximum atomic E-state index is 4.64. The van der Waals surface area contributed by atoms with Crippen LogP contribution in [0.5, 0.6) is 0 Å². The third-order valence-electron chi connectivity index (χ3n) is 3.23. The molecule has 0 N–H and O–H groups in total. The summed E-state index contributed by atoms with van der Waals surface area (Å²) < 4.78 is 0. The van der Waals surface area contributed by atoms with E-state index in [-0.39, 0.29) is 5.25 Å². The first kappa shape index (κ1) is 10.7. The van der Waals surface area contributed by atoms with Crippen molar-refractivity contribution in [1.29, 1.82) is 0 Å². The van der Waals surface area contributed by atoms with Gasteiger partial charge in [0.25, 0.3) is 0 Å². The van der Waals surface area contributed by atoms with Crippen LogP contribution in [-0.4, -0.2) is 0 Å². The van der Waals surface area contributed by atoms with Gasteiger partial charge in [0.15, 0.2) is 0 Å². The molecule has 1 heteroatoms. The van der Waals surface area contributed by atoms with Crippen LogP contribution < -0.4 is 0 Å². The molecule has 0 spiro atoms. The van der Waals surface area contributed by atoms with Crippen molar-refractivity contribution >= 4 is 34.2 Å². The zero-order valence-electron chi connectivity index (χ0n) is 9.72. The van der Waals surface area contributed by atoms with Gasteiger partial charge in [0.1, 0.15) is 0 Å². The summed E-state index contributed by atoms with van der Waals surface area (Å²) in [7, 11) is 0. The molecular formula is C16H14S. The van der Waals surface area contributed by atoms with Gasteiger partial charge in [0, 0.05) is 5.25 Å². The molecule has 0 radical (unpaired) electrons. The highest BCUT2D eigenvalue weighted by molar-refractivity contribution is 7.80. The lowest BCUT2D eigenvalue weighted by molar-refractivity contribution is 1.15. The Morgan fingerprint density at radius 1 is 0.824 bits per heavy atom. The minimum atomic E-state index is 0.242. The summed E-state index contributed by atoms with van der Waals surface area (Å²) in [6.45, 7) is 2.14. The highest BCUT2D eigenvalue weighted by atomic mass is 32.1. The second kappa shape index (κ2) is 4.08. The van der Waals surface area contributed by atoms with Crippen molar-refractivity contribution in [3.63, 3.8) is 0 Å². The molecule has 84 valence electrons. The van der Waals surface area contributed by atoms with Gasteiger partial charge in [0.2, 0.25) is 0 Å². The Kier molecular flexibility index (Phi) is 2.56. The van der Waals surface area contributed by atoms with E-state index < -0.39 is 0 Å². The van der Waals surface area contributed by atoms with E-state index in [0.29, 0.717) is 0 Å². The Morgan fingerprint density at radius 2 is 1.29 bits per heavy atom. The highest BCUT2D eigenvalue weighted by Crippen LogP contribution is 2.34. The molecule has 1 unspecified atom stereocenters. The lowest BCUT2D eigenvalue weighted by Crippen LogP contribution is -1.90. The fourth-order valence-electron chi connectivity index (χ4n) is 2.50. The predicted molar refractivity (Wildman–Crippen MR) is 78.9 cm³/mol. The Hall–Kier alpha value is -1.47. The smallest absolute Gasteiger partial charge is 0.0251 e. The fourth-order valence-corrected chi connectivity index (χ4v) is 2.78. The van der Waals surface area contributed by atoms with E-state index in [9.17, 15) is 0 Å². The van der Waals surface area contributed by atoms with Crippen molar-refractivity contribution in [2.75, 3.05) is 0 Å². The average molecular weight is 238 g/mol. The fraction of sp³-hybridized carbons (Fsp3) is 0.125. The van der Waals surface area contributed by atoms with Gasteiger partial charge in [-0.1, -0.05) is 48.5 Å². The molecule has 0 saturated heterocycles. The topological polar surface area (TPSA) is 0 Å². The summed E-state index contributed by atoms with van der Waals surface area (Å²) >= 11 is 4.64. The van der Waals surface area contributed by atoms with Crippen molar-refractivity contribution in [3.05, 3.63) is 60.2 Å². The summed E-state index contributed by atoms with van der Waals surface area (Å²) in [5.74, 6) is 0. The van der Waals surface area contributed by atoms with Crippen LogP contribution in [0.25, 0.3) is 21.5 Å². The van der Waals surface area contributed by atoms with Crippen LogP contribution in [0.4, 0.5) is 0 Å². The first-order chi connectivity index (χ1) is 8.27. The molecular weight excluding hydrogens is 224 g/mol. The number of rotatable bonds is 1. The van der Waals surface area contributed by atoms with Crippen molar-refractivity contribution in [2.24, 2.45) is 0 Å². The lowest BCUT2D eigenvalue weighted by Gasteiger charge is -2.13. The molecule has 0 bridgehead atoms. The van der Waals surface area contributed by atoms with Crippen LogP contribution in [0.3, 0.4) is 0 Å². The van der Waals surface area contributed by atoms with Gasteiger partial charge in [0.05, 0.1) is 0 Å². The van der Waals surface area contributed by atoms with Crippen LogP contribution in [0.1, 0.15) is 17.7 Å². The Balaban J connectivity index is 2.56. The van der Waals surface area contributed by atoms with Crippen molar-refractivity contribution in [3.8, 4) is 0 Å². The third kappa shape index (κ3) is 1.71. The van der Waals surface area contributed by atoms with Crippen LogP contribution in [0.2, 0.25) is 0 Å². The number of hydrogen-bond donors (Lipinski definition) is 1. The van der Waals surface area contributed by atoms with Crippen LogP contribution >= 0.6 is 12.6 Å². The predicted octanol–water partition coefficient (Wildman–Crippen LogP) is 4.98. The normalized spacial score (nSPS) is 13.1. The Morgan fingerprint density at radius 3 is 1.76 bits per heavy atom. The quantitative estimate of drug-likeness (QED) is 0.448. The molecule has 0 aliphatic heterocycles. The van der Waals surface area contributed by atoms with Gasteiger partial charge in [-0.15, -0.1) is 0 Å². The minimum absolute atomic E-state index is 0.242. The van der Waals surface area contributed by atoms with Gasteiger partial charge in [-0.25, -0.2) is 0 Å². The van der Waals surface area contributed by atoms with E-state index in [4.69, 9.17) is 0 Å². The molecule has 0 aromatic heterocycles. The largest absolute Gasteiger partial charge is 0.171 e. The molecule has 3 aromatic carbocycles. The highest BCUT2D eigenvalue weighted by Gasteiger charge is 2.10. The standard InChI is InChI=1S/C16H14S/c1-11(17)16-14-8-4-2-6-12(14)10-13-7-3-5-9-15(13)16/h2-11,17H,1H3. The molecule has 0 heterocycles. The molecule has 0 aliphatic carbocycles. The summed E-state index contributed by atoms with van der Waals surface area (Å²) in [5, 5.41) is 5.46. The number of benzene rings is 3. The van der Waals surface area contributed by atoms with E-state index in [0.717, 1.165) is 0 Å². The van der Waals surface area contributed by atoms with Crippen LogP contribution in [0.15, 0.2) is 54.6 Å². The summed E-state index contributed by atoms with van der Waals surface area (Å²) in [6, 6.07) is 19.3. The van der Waals surface area contributed by atoms with Gasteiger partial charge >= 0.3 is 0 Å². The van der Waals surface area contributed by atoms with E-state index in [1.165, 1.54) is 27.1 Å². The molecule has 0 fully saturated rings. The van der Waals surface area contributed by atoms with Gasteiger partial charge in [-0.2, -0.15) is 12.6 Å². The summed E-state index contributed by atoms with van der Waals surface area (Å²) in [4.78, 5) is 0. The molecule has 0 amide bonds. The van der Waals surface area contributed by atoms with Crippen LogP contribution in [0, 0.1) is 0 Å². The number of hydrogen-bond acceptors (Lipinski definition) is 1. The summed E-state index contributed by atoms with van der Waals surface area (Å²) in [6.07, 6.45) is 0. The van der Waals surface area contributed by atoms with E-state index in [2.05, 4.69) is 74.1 Å². The molecule has 3 aromatic rings. The molecule has 0 nitrogen and oxygen atoms in total. The first-order valence-electron chi connectivity index (χ1n) is 5.86. The summed E-state index contributed by atoms with van der Waals surface area (Å²) in [5.41, 5.74) is 1.34. The van der Waals surface area contributed by atoms with E-state index in [1.54, 1.807) is 0 Å². The number of fused-ring (bicyclic) bond motifs is 2. The minimum Gasteiger partial charge on any atom is -0.171 e. The second-order valence-corrected chi connectivity index (χ2v) is 5.18. The maximum Gasteiger partial charge on any atom is 0.0251 e. The monoisotopic (exact) mass is 238 g/mol. The van der Waals surface area contributed by atoms with Gasteiger partial charge < -0.3 is 0 Å². The third-order valence-corrected chi connectivity index (χ3v) is 3.49.